The molecule has 160 valence electrons. The van der Waals surface area contributed by atoms with Gasteiger partial charge in [0.1, 0.15) is 6.61 Å². The van der Waals surface area contributed by atoms with Gasteiger partial charge in [-0.05, 0) is 52.0 Å². The minimum absolute atomic E-state index is 0.127. The van der Waals surface area contributed by atoms with Gasteiger partial charge in [-0.1, -0.05) is 56.2 Å². The molecule has 8 heteroatoms. The van der Waals surface area contributed by atoms with E-state index in [1.165, 1.54) is 5.56 Å². The molecule has 2 aromatic carbocycles. The molecule has 0 aliphatic heterocycles. The first-order valence-electron chi connectivity index (χ1n) is 9.64. The smallest absolute Gasteiger partial charge is 0.257 e. The van der Waals surface area contributed by atoms with Crippen LogP contribution in [0.3, 0.4) is 0 Å². The van der Waals surface area contributed by atoms with Crippen molar-refractivity contribution in [3.63, 3.8) is 0 Å². The Labute approximate surface area is 183 Å². The zero-order valence-corrected chi connectivity index (χ0v) is 18.7. The van der Waals surface area contributed by atoms with Crippen LogP contribution in [-0.2, 0) is 23.3 Å². The highest BCUT2D eigenvalue weighted by Gasteiger charge is 2.13. The molecule has 7 nitrogen and oxygen atoms in total. The summed E-state index contributed by atoms with van der Waals surface area (Å²) in [5.41, 5.74) is 11.7. The number of nitrogens with zero attached hydrogens (tertiary/aromatic N) is 3. The molecule has 0 bridgehead atoms. The van der Waals surface area contributed by atoms with Crippen LogP contribution in [0.4, 0.5) is 0 Å². The first-order chi connectivity index (χ1) is 14.3. The molecule has 0 spiro atoms. The van der Waals surface area contributed by atoms with Crippen LogP contribution < -0.4 is 14.8 Å². The van der Waals surface area contributed by atoms with Gasteiger partial charge in [-0.15, -0.1) is 0 Å². The Morgan fingerprint density at radius 1 is 1.10 bits per heavy atom. The lowest BCUT2D eigenvalue weighted by Crippen LogP contribution is -2.23. The molecule has 2 aromatic rings. The molecular weight excluding hydrogens is 400 g/mol. The summed E-state index contributed by atoms with van der Waals surface area (Å²) in [7, 11) is 1.57. The van der Waals surface area contributed by atoms with Crippen molar-refractivity contribution in [2.75, 3.05) is 20.3 Å². The van der Waals surface area contributed by atoms with Crippen LogP contribution >= 0.6 is 12.2 Å². The SMILES string of the molecule is COc1cc(CNC(=S)OCc2ccc(C(C)(C)C)cc2)ccc1OCCN=[N+]=[N-]. The van der Waals surface area contributed by atoms with E-state index in [2.05, 4.69) is 60.4 Å². The molecule has 0 heterocycles. The van der Waals surface area contributed by atoms with Gasteiger partial charge in [0, 0.05) is 11.5 Å². The number of azide groups is 1. The monoisotopic (exact) mass is 428 g/mol. The summed E-state index contributed by atoms with van der Waals surface area (Å²) in [5, 5.41) is 6.87. The fraction of sp³-hybridized carbons (Fsp3) is 0.409. The molecule has 0 saturated heterocycles. The highest BCUT2D eigenvalue weighted by Crippen LogP contribution is 2.28. The quantitative estimate of drug-likeness (QED) is 0.193. The van der Waals surface area contributed by atoms with Crippen molar-refractivity contribution in [1.82, 2.24) is 5.32 Å². The molecular formula is C22H28N4O3S. The van der Waals surface area contributed by atoms with Crippen molar-refractivity contribution in [1.29, 1.82) is 0 Å². The normalized spacial score (nSPS) is 10.7. The largest absolute Gasteiger partial charge is 0.493 e. The summed E-state index contributed by atoms with van der Waals surface area (Å²) < 4.78 is 16.6. The first kappa shape index (κ1) is 23.3. The number of methoxy groups -OCH3 is 1. The van der Waals surface area contributed by atoms with Gasteiger partial charge >= 0.3 is 0 Å². The second-order valence-corrected chi connectivity index (χ2v) is 8.04. The molecule has 0 saturated carbocycles. The Balaban J connectivity index is 1.83. The van der Waals surface area contributed by atoms with Crippen molar-refractivity contribution in [3.8, 4) is 11.5 Å². The molecule has 0 aromatic heterocycles. The van der Waals surface area contributed by atoms with Gasteiger partial charge in [-0.3, -0.25) is 0 Å². The van der Waals surface area contributed by atoms with Crippen molar-refractivity contribution in [2.24, 2.45) is 5.11 Å². The zero-order chi connectivity index (χ0) is 22.0. The Hall–Kier alpha value is -2.96. The molecule has 0 amide bonds. The number of nitrogens with one attached hydrogen (secondary N) is 1. The van der Waals surface area contributed by atoms with E-state index in [1.807, 2.05) is 18.2 Å². The zero-order valence-electron chi connectivity index (χ0n) is 17.8. The summed E-state index contributed by atoms with van der Waals surface area (Å²) >= 11 is 5.28. The van der Waals surface area contributed by atoms with E-state index in [-0.39, 0.29) is 18.6 Å². The number of benzene rings is 2. The van der Waals surface area contributed by atoms with Gasteiger partial charge in [0.2, 0.25) is 0 Å². The summed E-state index contributed by atoms with van der Waals surface area (Å²) in [6.45, 7) is 8.02. The first-order valence-corrected chi connectivity index (χ1v) is 10.0. The number of rotatable bonds is 9. The molecule has 0 radical (unpaired) electrons. The number of hydrogen-bond donors (Lipinski definition) is 1. The highest BCUT2D eigenvalue weighted by molar-refractivity contribution is 7.80. The molecule has 2 rings (SSSR count). The minimum Gasteiger partial charge on any atom is -0.493 e. The van der Waals surface area contributed by atoms with Crippen molar-refractivity contribution >= 4 is 17.4 Å². The van der Waals surface area contributed by atoms with Gasteiger partial charge in [0.25, 0.3) is 5.17 Å². The average molecular weight is 429 g/mol. The van der Waals surface area contributed by atoms with Gasteiger partial charge < -0.3 is 19.5 Å². The van der Waals surface area contributed by atoms with Gasteiger partial charge in [-0.2, -0.15) is 0 Å². The molecule has 0 fully saturated rings. The van der Waals surface area contributed by atoms with Crippen LogP contribution in [0, 0.1) is 0 Å². The van der Waals surface area contributed by atoms with Crippen molar-refractivity contribution in [3.05, 3.63) is 69.6 Å². The maximum absolute atomic E-state index is 8.30. The maximum atomic E-state index is 8.30. The van der Waals surface area contributed by atoms with Crippen LogP contribution in [0.2, 0.25) is 0 Å². The van der Waals surface area contributed by atoms with Gasteiger partial charge in [0.15, 0.2) is 11.5 Å². The predicted octanol–water partition coefficient (Wildman–Crippen LogP) is 5.27. The van der Waals surface area contributed by atoms with E-state index in [9.17, 15) is 0 Å². The van der Waals surface area contributed by atoms with E-state index in [1.54, 1.807) is 7.11 Å². The van der Waals surface area contributed by atoms with Crippen LogP contribution in [0.1, 0.15) is 37.5 Å². The van der Waals surface area contributed by atoms with E-state index < -0.39 is 0 Å². The summed E-state index contributed by atoms with van der Waals surface area (Å²) in [6, 6.07) is 14.0. The molecule has 0 atom stereocenters. The second kappa shape index (κ2) is 11.3. The summed E-state index contributed by atoms with van der Waals surface area (Å²) in [5.74, 6) is 1.19. The van der Waals surface area contributed by atoms with E-state index >= 15 is 0 Å². The van der Waals surface area contributed by atoms with Crippen molar-refractivity contribution in [2.45, 2.75) is 39.3 Å². The predicted molar refractivity (Wildman–Crippen MR) is 122 cm³/mol. The number of hydrogen-bond acceptors (Lipinski definition) is 5. The fourth-order valence-electron chi connectivity index (χ4n) is 2.66. The highest BCUT2D eigenvalue weighted by atomic mass is 32.1. The summed E-state index contributed by atoms with van der Waals surface area (Å²) in [4.78, 5) is 2.69. The number of thiocarbonyl (C=S) groups is 1. The molecule has 0 aliphatic carbocycles. The van der Waals surface area contributed by atoms with E-state index in [4.69, 9.17) is 32.0 Å². The second-order valence-electron chi connectivity index (χ2n) is 7.66. The lowest BCUT2D eigenvalue weighted by molar-refractivity contribution is 0.286. The van der Waals surface area contributed by atoms with Crippen molar-refractivity contribution < 1.29 is 14.2 Å². The van der Waals surface area contributed by atoms with Gasteiger partial charge in [0.05, 0.1) is 20.3 Å². The third kappa shape index (κ3) is 7.46. The van der Waals surface area contributed by atoms with Gasteiger partial charge in [-0.25, -0.2) is 0 Å². The Kier molecular flexibility index (Phi) is 8.77. The molecule has 30 heavy (non-hydrogen) atoms. The molecule has 0 aliphatic rings. The van der Waals surface area contributed by atoms with Crippen LogP contribution in [0.5, 0.6) is 11.5 Å². The lowest BCUT2D eigenvalue weighted by atomic mass is 9.87. The van der Waals surface area contributed by atoms with Crippen LogP contribution in [0.15, 0.2) is 47.6 Å². The third-order valence-electron chi connectivity index (χ3n) is 4.37. The third-order valence-corrected chi connectivity index (χ3v) is 4.63. The van der Waals surface area contributed by atoms with Crippen LogP contribution in [0.25, 0.3) is 10.4 Å². The Morgan fingerprint density at radius 2 is 1.80 bits per heavy atom. The minimum atomic E-state index is 0.127. The Bertz CT molecular complexity index is 888. The molecule has 1 N–H and O–H groups in total. The topological polar surface area (TPSA) is 88.5 Å². The average Bonchev–Trinajstić information content (AvgIpc) is 2.73. The lowest BCUT2D eigenvalue weighted by Gasteiger charge is -2.19. The standard InChI is InChI=1S/C22H28N4O3S/c1-22(2,3)18-8-5-16(6-9-18)15-29-21(30)24-14-17-7-10-19(20(13-17)27-4)28-12-11-25-26-23/h5-10,13H,11-12,14-15H2,1-4H3,(H,24,30). The van der Waals surface area contributed by atoms with E-state index in [0.717, 1.165) is 11.1 Å². The maximum Gasteiger partial charge on any atom is 0.257 e. The molecule has 0 unspecified atom stereocenters. The van der Waals surface area contributed by atoms with E-state index in [0.29, 0.717) is 29.8 Å². The number of ether oxygens (including phenoxy) is 3. The summed E-state index contributed by atoms with van der Waals surface area (Å²) in [6.07, 6.45) is 0. The van der Waals surface area contributed by atoms with Crippen LogP contribution in [-0.4, -0.2) is 25.4 Å². The Morgan fingerprint density at radius 3 is 2.43 bits per heavy atom. The fourth-order valence-corrected chi connectivity index (χ4v) is 2.79.